The van der Waals surface area contributed by atoms with Gasteiger partial charge in [0.15, 0.2) is 0 Å². The lowest BCUT2D eigenvalue weighted by atomic mass is 10.0. The van der Waals surface area contributed by atoms with Crippen LogP contribution in [0, 0.1) is 13.8 Å². The van der Waals surface area contributed by atoms with E-state index in [0.29, 0.717) is 22.5 Å². The first kappa shape index (κ1) is 11.7. The highest BCUT2D eigenvalue weighted by Crippen LogP contribution is 2.36. The third kappa shape index (κ3) is 1.92. The number of benzene rings is 1. The van der Waals surface area contributed by atoms with E-state index in [0.717, 1.165) is 6.07 Å². The van der Waals surface area contributed by atoms with E-state index in [2.05, 4.69) is 4.98 Å². The molecule has 2 nitrogen and oxygen atoms in total. The molecule has 0 aliphatic rings. The van der Waals surface area contributed by atoms with Gasteiger partial charge in [0, 0.05) is 16.8 Å². The predicted molar refractivity (Wildman–Crippen MR) is 60.6 cm³/mol. The summed E-state index contributed by atoms with van der Waals surface area (Å²) >= 11 is 0. The van der Waals surface area contributed by atoms with Crippen LogP contribution in [0.3, 0.4) is 0 Å². The van der Waals surface area contributed by atoms with Crippen LogP contribution in [0.25, 0.3) is 10.9 Å². The van der Waals surface area contributed by atoms with Gasteiger partial charge in [-0.25, -0.2) is 0 Å². The number of hydrogen-bond acceptors (Lipinski definition) is 2. The highest BCUT2D eigenvalue weighted by molar-refractivity contribution is 5.89. The molecule has 2 rings (SSSR count). The Morgan fingerprint density at radius 2 is 1.82 bits per heavy atom. The van der Waals surface area contributed by atoms with Gasteiger partial charge in [-0.2, -0.15) is 13.2 Å². The van der Waals surface area contributed by atoms with Gasteiger partial charge in [0.2, 0.25) is 0 Å². The van der Waals surface area contributed by atoms with Crippen LogP contribution in [0.1, 0.15) is 16.8 Å². The molecule has 0 spiro atoms. The fraction of sp³-hybridized carbons (Fsp3) is 0.250. The van der Waals surface area contributed by atoms with Crippen LogP contribution in [0.4, 0.5) is 18.9 Å². The molecule has 90 valence electrons. The van der Waals surface area contributed by atoms with Crippen molar-refractivity contribution in [3.05, 3.63) is 35.0 Å². The van der Waals surface area contributed by atoms with Crippen LogP contribution in [0.15, 0.2) is 18.2 Å². The Hall–Kier alpha value is -1.78. The van der Waals surface area contributed by atoms with Crippen LogP contribution >= 0.6 is 0 Å². The maximum absolute atomic E-state index is 12.9. The Morgan fingerprint density at radius 3 is 2.41 bits per heavy atom. The van der Waals surface area contributed by atoms with Crippen molar-refractivity contribution in [1.29, 1.82) is 0 Å². The summed E-state index contributed by atoms with van der Waals surface area (Å²) in [4.78, 5) is 4.13. The smallest absolute Gasteiger partial charge is 0.398 e. The topological polar surface area (TPSA) is 38.9 Å². The summed E-state index contributed by atoms with van der Waals surface area (Å²) in [5, 5.41) is 0.0924. The molecule has 1 heterocycles. The maximum Gasteiger partial charge on any atom is 0.417 e. The standard InChI is InChI=1S/C12H11F3N2/c1-6-5-9(12(13,14)15)8-3-4-10(16)7(2)11(8)17-6/h3-5H,16H2,1-2H3. The number of alkyl halides is 3. The van der Waals surface area contributed by atoms with Gasteiger partial charge < -0.3 is 5.73 Å². The van der Waals surface area contributed by atoms with E-state index >= 15 is 0 Å². The number of halogens is 3. The van der Waals surface area contributed by atoms with E-state index in [9.17, 15) is 13.2 Å². The van der Waals surface area contributed by atoms with Gasteiger partial charge in [-0.15, -0.1) is 0 Å². The number of rotatable bonds is 0. The summed E-state index contributed by atoms with van der Waals surface area (Å²) in [5.74, 6) is 0. The van der Waals surface area contributed by atoms with Gasteiger partial charge in [-0.1, -0.05) is 6.07 Å². The summed E-state index contributed by atoms with van der Waals surface area (Å²) in [7, 11) is 0. The zero-order chi connectivity index (χ0) is 12.8. The SMILES string of the molecule is Cc1cc(C(F)(F)F)c2ccc(N)c(C)c2n1. The van der Waals surface area contributed by atoms with Crippen molar-refractivity contribution in [2.24, 2.45) is 0 Å². The number of hydrogen-bond donors (Lipinski definition) is 1. The van der Waals surface area contributed by atoms with Crippen molar-refractivity contribution in [3.8, 4) is 0 Å². The van der Waals surface area contributed by atoms with Crippen LogP contribution in [-0.2, 0) is 6.18 Å². The molecule has 0 amide bonds. The quantitative estimate of drug-likeness (QED) is 0.716. The Balaban J connectivity index is 2.92. The summed E-state index contributed by atoms with van der Waals surface area (Å²) in [6.07, 6.45) is -4.38. The monoisotopic (exact) mass is 240 g/mol. The molecule has 0 bridgehead atoms. The first-order valence-corrected chi connectivity index (χ1v) is 5.04. The third-order valence-electron chi connectivity index (χ3n) is 2.71. The fourth-order valence-corrected chi connectivity index (χ4v) is 1.81. The van der Waals surface area contributed by atoms with Gasteiger partial charge in [0.25, 0.3) is 0 Å². The highest BCUT2D eigenvalue weighted by Gasteiger charge is 2.33. The van der Waals surface area contributed by atoms with Crippen molar-refractivity contribution in [2.75, 3.05) is 5.73 Å². The number of aromatic nitrogens is 1. The second kappa shape index (κ2) is 3.61. The molecular weight excluding hydrogens is 229 g/mol. The third-order valence-corrected chi connectivity index (χ3v) is 2.71. The lowest BCUT2D eigenvalue weighted by Gasteiger charge is -2.13. The highest BCUT2D eigenvalue weighted by atomic mass is 19.4. The molecule has 2 aromatic rings. The first-order valence-electron chi connectivity index (χ1n) is 5.04. The first-order chi connectivity index (χ1) is 7.80. The molecule has 0 radical (unpaired) electrons. The molecule has 17 heavy (non-hydrogen) atoms. The lowest BCUT2D eigenvalue weighted by molar-refractivity contribution is -0.136. The molecule has 5 heteroatoms. The van der Waals surface area contributed by atoms with Crippen molar-refractivity contribution < 1.29 is 13.2 Å². The number of nitrogens with two attached hydrogens (primary N) is 1. The molecule has 0 saturated carbocycles. The van der Waals surface area contributed by atoms with Crippen LogP contribution in [0.2, 0.25) is 0 Å². The van der Waals surface area contributed by atoms with Crippen LogP contribution < -0.4 is 5.73 Å². The molecule has 0 unspecified atom stereocenters. The van der Waals surface area contributed by atoms with Crippen LogP contribution in [-0.4, -0.2) is 4.98 Å². The number of fused-ring (bicyclic) bond motifs is 1. The van der Waals surface area contributed by atoms with Crippen molar-refractivity contribution >= 4 is 16.6 Å². The molecule has 0 saturated heterocycles. The van der Waals surface area contributed by atoms with Gasteiger partial charge in [0.1, 0.15) is 0 Å². The average Bonchev–Trinajstić information content (AvgIpc) is 2.22. The maximum atomic E-state index is 12.9. The van der Waals surface area contributed by atoms with Gasteiger partial charge in [-0.05, 0) is 31.5 Å². The Labute approximate surface area is 96.3 Å². The van der Waals surface area contributed by atoms with Crippen molar-refractivity contribution in [2.45, 2.75) is 20.0 Å². The minimum Gasteiger partial charge on any atom is -0.398 e. The Morgan fingerprint density at radius 1 is 1.18 bits per heavy atom. The molecule has 1 aromatic carbocycles. The fourth-order valence-electron chi connectivity index (χ4n) is 1.81. The number of pyridine rings is 1. The number of nitrogen functional groups attached to an aromatic ring is 1. The molecule has 0 aliphatic carbocycles. The van der Waals surface area contributed by atoms with E-state index in [1.165, 1.54) is 19.1 Å². The number of nitrogens with zero attached hydrogens (tertiary/aromatic N) is 1. The van der Waals surface area contributed by atoms with Gasteiger partial charge in [0.05, 0.1) is 11.1 Å². The van der Waals surface area contributed by atoms with Crippen molar-refractivity contribution in [3.63, 3.8) is 0 Å². The summed E-state index contributed by atoms with van der Waals surface area (Å²) < 4.78 is 38.6. The van der Waals surface area contributed by atoms with E-state index in [-0.39, 0.29) is 5.39 Å². The summed E-state index contributed by atoms with van der Waals surface area (Å²) in [6, 6.07) is 3.90. The minimum absolute atomic E-state index is 0.0924. The Bertz CT molecular complexity index is 588. The zero-order valence-electron chi connectivity index (χ0n) is 9.39. The number of anilines is 1. The molecule has 0 fully saturated rings. The molecule has 1 aromatic heterocycles. The van der Waals surface area contributed by atoms with E-state index in [1.54, 1.807) is 6.92 Å². The second-order valence-corrected chi connectivity index (χ2v) is 3.98. The molecular formula is C12H11F3N2. The summed E-state index contributed by atoms with van der Waals surface area (Å²) in [5.41, 5.74) is 6.69. The number of aryl methyl sites for hydroxylation is 2. The molecule has 2 N–H and O–H groups in total. The van der Waals surface area contributed by atoms with E-state index in [1.807, 2.05) is 0 Å². The van der Waals surface area contributed by atoms with Gasteiger partial charge in [-0.3, -0.25) is 4.98 Å². The Kier molecular flexibility index (Phi) is 2.49. The van der Waals surface area contributed by atoms with Gasteiger partial charge >= 0.3 is 6.18 Å². The predicted octanol–water partition coefficient (Wildman–Crippen LogP) is 3.45. The second-order valence-electron chi connectivity index (χ2n) is 3.98. The average molecular weight is 240 g/mol. The zero-order valence-corrected chi connectivity index (χ0v) is 9.39. The lowest BCUT2D eigenvalue weighted by Crippen LogP contribution is -2.08. The largest absolute Gasteiger partial charge is 0.417 e. The van der Waals surface area contributed by atoms with E-state index in [4.69, 9.17) is 5.73 Å². The molecule has 0 atom stereocenters. The van der Waals surface area contributed by atoms with E-state index < -0.39 is 11.7 Å². The molecule has 0 aliphatic heterocycles. The summed E-state index contributed by atoms with van der Waals surface area (Å²) in [6.45, 7) is 3.21. The normalized spacial score (nSPS) is 12.1. The minimum atomic E-state index is -4.38. The van der Waals surface area contributed by atoms with Crippen LogP contribution in [0.5, 0.6) is 0 Å². The van der Waals surface area contributed by atoms with Crippen molar-refractivity contribution in [1.82, 2.24) is 4.98 Å².